The molecule has 2 aliphatic heterocycles. The summed E-state index contributed by atoms with van der Waals surface area (Å²) in [6.45, 7) is 5.52. The molecule has 0 aromatic rings. The first-order valence-corrected chi connectivity index (χ1v) is 5.77. The minimum atomic E-state index is -0.122. The van der Waals surface area contributed by atoms with Crippen LogP contribution in [0.25, 0.3) is 0 Å². The standard InChI is InChI=1S/C11H20N2O2/c1-11(3-5-15-8-11)13-10(14)6-9-2-4-12-7-9/h9,12H,2-8H2,1H3,(H,13,14). The van der Waals surface area contributed by atoms with E-state index in [1.54, 1.807) is 0 Å². The van der Waals surface area contributed by atoms with Crippen LogP contribution < -0.4 is 10.6 Å². The maximum atomic E-state index is 11.8. The predicted octanol–water partition coefficient (Wildman–Crippen LogP) is 0.281. The molecule has 0 aliphatic carbocycles. The summed E-state index contributed by atoms with van der Waals surface area (Å²) in [5, 5.41) is 6.37. The van der Waals surface area contributed by atoms with Gasteiger partial charge in [0.25, 0.3) is 0 Å². The van der Waals surface area contributed by atoms with Crippen molar-refractivity contribution in [2.75, 3.05) is 26.3 Å². The molecular formula is C11H20N2O2. The zero-order valence-electron chi connectivity index (χ0n) is 9.34. The molecule has 1 amide bonds. The Bertz CT molecular complexity index is 231. The van der Waals surface area contributed by atoms with Gasteiger partial charge in [0.05, 0.1) is 12.1 Å². The van der Waals surface area contributed by atoms with Crippen molar-refractivity contribution in [2.24, 2.45) is 5.92 Å². The molecule has 0 saturated carbocycles. The number of carbonyl (C=O) groups is 1. The first-order chi connectivity index (χ1) is 7.18. The normalized spacial score (nSPS) is 35.7. The second-order valence-electron chi connectivity index (χ2n) is 4.97. The van der Waals surface area contributed by atoms with Crippen LogP contribution in [0.2, 0.25) is 0 Å². The molecule has 0 radical (unpaired) electrons. The van der Waals surface area contributed by atoms with Crippen molar-refractivity contribution < 1.29 is 9.53 Å². The van der Waals surface area contributed by atoms with Crippen LogP contribution in [-0.2, 0) is 9.53 Å². The second kappa shape index (κ2) is 4.49. The summed E-state index contributed by atoms with van der Waals surface area (Å²) in [5.41, 5.74) is -0.122. The number of hydrogen-bond acceptors (Lipinski definition) is 3. The molecule has 2 atom stereocenters. The van der Waals surface area contributed by atoms with Gasteiger partial charge < -0.3 is 15.4 Å². The molecule has 2 unspecified atom stereocenters. The molecule has 0 aromatic carbocycles. The van der Waals surface area contributed by atoms with Crippen LogP contribution in [0.4, 0.5) is 0 Å². The van der Waals surface area contributed by atoms with Gasteiger partial charge in [-0.3, -0.25) is 4.79 Å². The Morgan fingerprint density at radius 3 is 3.13 bits per heavy atom. The van der Waals surface area contributed by atoms with E-state index >= 15 is 0 Å². The lowest BCUT2D eigenvalue weighted by Crippen LogP contribution is -2.46. The van der Waals surface area contributed by atoms with Crippen LogP contribution in [0.5, 0.6) is 0 Å². The minimum Gasteiger partial charge on any atom is -0.379 e. The summed E-state index contributed by atoms with van der Waals surface area (Å²) in [7, 11) is 0. The Labute approximate surface area is 90.8 Å². The fourth-order valence-corrected chi connectivity index (χ4v) is 2.30. The average Bonchev–Trinajstić information content (AvgIpc) is 2.76. The highest BCUT2D eigenvalue weighted by atomic mass is 16.5. The van der Waals surface area contributed by atoms with Crippen molar-refractivity contribution in [1.82, 2.24) is 10.6 Å². The van der Waals surface area contributed by atoms with Gasteiger partial charge in [0, 0.05) is 13.0 Å². The van der Waals surface area contributed by atoms with Crippen molar-refractivity contribution in [3.05, 3.63) is 0 Å². The van der Waals surface area contributed by atoms with Gasteiger partial charge in [0.1, 0.15) is 0 Å². The molecule has 2 rings (SSSR count). The molecule has 4 nitrogen and oxygen atoms in total. The zero-order valence-corrected chi connectivity index (χ0v) is 9.34. The Kier molecular flexibility index (Phi) is 3.26. The van der Waals surface area contributed by atoms with Crippen LogP contribution in [0.15, 0.2) is 0 Å². The molecule has 2 heterocycles. The molecule has 2 fully saturated rings. The summed E-state index contributed by atoms with van der Waals surface area (Å²) in [6, 6.07) is 0. The summed E-state index contributed by atoms with van der Waals surface area (Å²) in [5.74, 6) is 0.702. The van der Waals surface area contributed by atoms with Gasteiger partial charge in [-0.25, -0.2) is 0 Å². The van der Waals surface area contributed by atoms with Gasteiger partial charge in [0.2, 0.25) is 5.91 Å². The van der Waals surface area contributed by atoms with Crippen molar-refractivity contribution in [1.29, 1.82) is 0 Å². The van der Waals surface area contributed by atoms with Gasteiger partial charge in [-0.2, -0.15) is 0 Å². The molecule has 2 saturated heterocycles. The SMILES string of the molecule is CC1(NC(=O)CC2CCNC2)CCOC1. The van der Waals surface area contributed by atoms with E-state index < -0.39 is 0 Å². The van der Waals surface area contributed by atoms with Crippen LogP contribution in [0.3, 0.4) is 0 Å². The topological polar surface area (TPSA) is 50.4 Å². The Balaban J connectivity index is 1.76. The van der Waals surface area contributed by atoms with Gasteiger partial charge in [0.15, 0.2) is 0 Å². The number of rotatable bonds is 3. The van der Waals surface area contributed by atoms with Crippen molar-refractivity contribution in [3.8, 4) is 0 Å². The van der Waals surface area contributed by atoms with Crippen LogP contribution in [0, 0.1) is 5.92 Å². The van der Waals surface area contributed by atoms with Crippen LogP contribution >= 0.6 is 0 Å². The summed E-state index contributed by atoms with van der Waals surface area (Å²) < 4.78 is 5.30. The van der Waals surface area contributed by atoms with Crippen molar-refractivity contribution >= 4 is 5.91 Å². The number of nitrogens with one attached hydrogen (secondary N) is 2. The third-order valence-corrected chi connectivity index (χ3v) is 3.30. The van der Waals surface area contributed by atoms with Crippen LogP contribution in [-0.4, -0.2) is 37.7 Å². The van der Waals surface area contributed by atoms with E-state index in [0.29, 0.717) is 18.9 Å². The van der Waals surface area contributed by atoms with Gasteiger partial charge in [-0.05, 0) is 38.8 Å². The Morgan fingerprint density at radius 1 is 1.67 bits per heavy atom. The van der Waals surface area contributed by atoms with Crippen molar-refractivity contribution in [2.45, 2.75) is 31.7 Å². The molecule has 2 aliphatic rings. The van der Waals surface area contributed by atoms with E-state index in [-0.39, 0.29) is 11.4 Å². The number of ether oxygens (including phenoxy) is 1. The van der Waals surface area contributed by atoms with E-state index in [9.17, 15) is 4.79 Å². The lowest BCUT2D eigenvalue weighted by atomic mass is 9.99. The maximum Gasteiger partial charge on any atom is 0.220 e. The molecule has 0 aromatic heterocycles. The van der Waals surface area contributed by atoms with E-state index in [0.717, 1.165) is 32.5 Å². The van der Waals surface area contributed by atoms with Gasteiger partial charge >= 0.3 is 0 Å². The third-order valence-electron chi connectivity index (χ3n) is 3.30. The smallest absolute Gasteiger partial charge is 0.220 e. The largest absolute Gasteiger partial charge is 0.379 e. The highest BCUT2D eigenvalue weighted by molar-refractivity contribution is 5.77. The predicted molar refractivity (Wildman–Crippen MR) is 57.6 cm³/mol. The summed E-state index contributed by atoms with van der Waals surface area (Å²) in [6.07, 6.45) is 2.71. The molecule has 86 valence electrons. The Hall–Kier alpha value is -0.610. The zero-order chi connectivity index (χ0) is 10.7. The summed E-state index contributed by atoms with van der Waals surface area (Å²) in [4.78, 5) is 11.8. The van der Waals surface area contributed by atoms with E-state index in [1.807, 2.05) is 0 Å². The minimum absolute atomic E-state index is 0.122. The number of amides is 1. The maximum absolute atomic E-state index is 11.8. The van der Waals surface area contributed by atoms with Gasteiger partial charge in [-0.1, -0.05) is 0 Å². The summed E-state index contributed by atoms with van der Waals surface area (Å²) >= 11 is 0. The van der Waals surface area contributed by atoms with Crippen molar-refractivity contribution in [3.63, 3.8) is 0 Å². The lowest BCUT2D eigenvalue weighted by molar-refractivity contribution is -0.123. The molecule has 0 bridgehead atoms. The fourth-order valence-electron chi connectivity index (χ4n) is 2.30. The average molecular weight is 212 g/mol. The first kappa shape index (κ1) is 10.9. The second-order valence-corrected chi connectivity index (χ2v) is 4.97. The molecule has 0 spiro atoms. The molecule has 2 N–H and O–H groups in total. The molecule has 4 heteroatoms. The van der Waals surface area contributed by atoms with Gasteiger partial charge in [-0.15, -0.1) is 0 Å². The quantitative estimate of drug-likeness (QED) is 0.706. The first-order valence-electron chi connectivity index (χ1n) is 5.77. The molecule has 15 heavy (non-hydrogen) atoms. The third kappa shape index (κ3) is 2.92. The highest BCUT2D eigenvalue weighted by Gasteiger charge is 2.31. The Morgan fingerprint density at radius 2 is 2.53 bits per heavy atom. The number of hydrogen-bond donors (Lipinski definition) is 2. The van der Waals surface area contributed by atoms with E-state index in [1.165, 1.54) is 0 Å². The molecular weight excluding hydrogens is 192 g/mol. The van der Waals surface area contributed by atoms with Crippen LogP contribution in [0.1, 0.15) is 26.2 Å². The number of carbonyl (C=O) groups excluding carboxylic acids is 1. The van der Waals surface area contributed by atoms with E-state index in [4.69, 9.17) is 4.74 Å². The van der Waals surface area contributed by atoms with E-state index in [2.05, 4.69) is 17.6 Å². The monoisotopic (exact) mass is 212 g/mol. The highest BCUT2D eigenvalue weighted by Crippen LogP contribution is 2.19. The lowest BCUT2D eigenvalue weighted by Gasteiger charge is -2.24. The fraction of sp³-hybridized carbons (Fsp3) is 0.909.